The number of amides is 3. The van der Waals surface area contributed by atoms with Gasteiger partial charge in [-0.15, -0.1) is 0 Å². The van der Waals surface area contributed by atoms with E-state index in [1.54, 1.807) is 0 Å². The van der Waals surface area contributed by atoms with Crippen LogP contribution in [0.25, 0.3) is 0 Å². The molecule has 22 heavy (non-hydrogen) atoms. The summed E-state index contributed by atoms with van der Waals surface area (Å²) < 4.78 is 37.0. The van der Waals surface area contributed by atoms with Crippen molar-refractivity contribution in [2.24, 2.45) is 17.6 Å². The Morgan fingerprint density at radius 2 is 1.77 bits per heavy atom. The molecule has 0 spiro atoms. The van der Waals surface area contributed by atoms with Crippen LogP contribution in [0.3, 0.4) is 0 Å². The van der Waals surface area contributed by atoms with Crippen molar-refractivity contribution >= 4 is 17.7 Å². The molecule has 9 heteroatoms. The Labute approximate surface area is 125 Å². The Kier molecular flexibility index (Phi) is 4.62. The highest BCUT2D eigenvalue weighted by molar-refractivity contribution is 5.89. The summed E-state index contributed by atoms with van der Waals surface area (Å²) in [4.78, 5) is 37.1. The third kappa shape index (κ3) is 3.89. The topological polar surface area (TPSA) is 83.7 Å². The fourth-order valence-corrected chi connectivity index (χ4v) is 2.95. The Hall–Kier alpha value is -1.80. The number of nitrogens with two attached hydrogens (primary N) is 1. The van der Waals surface area contributed by atoms with Gasteiger partial charge in [0.1, 0.15) is 6.54 Å². The first-order valence-electron chi connectivity index (χ1n) is 7.10. The van der Waals surface area contributed by atoms with Crippen LogP contribution in [0.1, 0.15) is 19.3 Å². The summed E-state index contributed by atoms with van der Waals surface area (Å²) in [7, 11) is 0. The Balaban J connectivity index is 1.89. The Bertz CT molecular complexity index is 473. The summed E-state index contributed by atoms with van der Waals surface area (Å²) >= 11 is 0. The van der Waals surface area contributed by atoms with E-state index in [2.05, 4.69) is 0 Å². The van der Waals surface area contributed by atoms with E-state index in [1.807, 2.05) is 0 Å². The normalized spacial score (nSPS) is 24.0. The number of carbonyl (C=O) groups excluding carboxylic acids is 3. The van der Waals surface area contributed by atoms with E-state index in [0.29, 0.717) is 30.8 Å². The first-order chi connectivity index (χ1) is 10.2. The first kappa shape index (κ1) is 16.6. The van der Waals surface area contributed by atoms with E-state index >= 15 is 0 Å². The fraction of sp³-hybridized carbons (Fsp3) is 0.769. The summed E-state index contributed by atoms with van der Waals surface area (Å²) in [6, 6.07) is 0. The summed E-state index contributed by atoms with van der Waals surface area (Å²) in [5.74, 6) is -2.38. The molecule has 2 heterocycles. The molecule has 1 atom stereocenters. The number of halogens is 3. The van der Waals surface area contributed by atoms with Crippen molar-refractivity contribution < 1.29 is 27.6 Å². The molecule has 0 aromatic rings. The predicted octanol–water partition coefficient (Wildman–Crippen LogP) is 0.121. The summed E-state index contributed by atoms with van der Waals surface area (Å²) in [6.45, 7) is -0.834. The number of rotatable bonds is 3. The van der Waals surface area contributed by atoms with Crippen LogP contribution in [-0.4, -0.2) is 59.9 Å². The SMILES string of the molecule is NC(=O)C1CCN(C(=O)C2CC(=O)N(CC(F)(F)F)C2)CC1. The molecule has 0 saturated carbocycles. The third-order valence-corrected chi connectivity index (χ3v) is 4.14. The summed E-state index contributed by atoms with van der Waals surface area (Å²) in [5, 5.41) is 0. The molecule has 0 aliphatic carbocycles. The lowest BCUT2D eigenvalue weighted by Gasteiger charge is -2.32. The van der Waals surface area contributed by atoms with Crippen LogP contribution in [0.2, 0.25) is 0 Å². The molecule has 1 unspecified atom stereocenters. The molecule has 3 amide bonds. The maximum absolute atomic E-state index is 12.3. The zero-order valence-electron chi connectivity index (χ0n) is 11.9. The minimum atomic E-state index is -4.46. The average molecular weight is 321 g/mol. The van der Waals surface area contributed by atoms with E-state index in [9.17, 15) is 27.6 Å². The standard InChI is InChI=1S/C13H18F3N3O3/c14-13(15,16)7-19-6-9(5-10(19)20)12(22)18-3-1-8(2-4-18)11(17)21/h8-9H,1-7H2,(H2,17,21). The fourth-order valence-electron chi connectivity index (χ4n) is 2.95. The number of nitrogens with zero attached hydrogens (tertiary/aromatic N) is 2. The van der Waals surface area contributed by atoms with Gasteiger partial charge in [-0.05, 0) is 12.8 Å². The monoisotopic (exact) mass is 321 g/mol. The van der Waals surface area contributed by atoms with E-state index in [0.717, 1.165) is 0 Å². The number of piperidine rings is 1. The molecule has 0 radical (unpaired) electrons. The highest BCUT2D eigenvalue weighted by atomic mass is 19.4. The van der Waals surface area contributed by atoms with Crippen molar-refractivity contribution in [1.82, 2.24) is 9.80 Å². The predicted molar refractivity (Wildman–Crippen MR) is 69.2 cm³/mol. The van der Waals surface area contributed by atoms with Crippen molar-refractivity contribution in [1.29, 1.82) is 0 Å². The lowest BCUT2D eigenvalue weighted by atomic mass is 9.95. The van der Waals surface area contributed by atoms with Gasteiger partial charge in [-0.25, -0.2) is 0 Å². The van der Waals surface area contributed by atoms with Crippen LogP contribution < -0.4 is 5.73 Å². The Morgan fingerprint density at radius 1 is 1.18 bits per heavy atom. The zero-order valence-corrected chi connectivity index (χ0v) is 11.9. The van der Waals surface area contributed by atoms with Crippen LogP contribution >= 0.6 is 0 Å². The molecule has 2 N–H and O–H groups in total. The number of carbonyl (C=O) groups is 3. The number of likely N-dealkylation sites (tertiary alicyclic amines) is 2. The average Bonchev–Trinajstić information content (AvgIpc) is 2.77. The van der Waals surface area contributed by atoms with Gasteiger partial charge in [0.25, 0.3) is 0 Å². The highest BCUT2D eigenvalue weighted by Crippen LogP contribution is 2.26. The van der Waals surface area contributed by atoms with Gasteiger partial charge < -0.3 is 15.5 Å². The second-order valence-electron chi connectivity index (χ2n) is 5.79. The number of hydrogen-bond donors (Lipinski definition) is 1. The van der Waals surface area contributed by atoms with Gasteiger partial charge in [-0.3, -0.25) is 14.4 Å². The first-order valence-corrected chi connectivity index (χ1v) is 7.10. The van der Waals surface area contributed by atoms with Crippen molar-refractivity contribution in [3.05, 3.63) is 0 Å². The molecular weight excluding hydrogens is 303 g/mol. The third-order valence-electron chi connectivity index (χ3n) is 4.14. The molecule has 6 nitrogen and oxygen atoms in total. The number of primary amides is 1. The van der Waals surface area contributed by atoms with Gasteiger partial charge in [0.2, 0.25) is 17.7 Å². The van der Waals surface area contributed by atoms with E-state index in [1.165, 1.54) is 4.90 Å². The summed E-state index contributed by atoms with van der Waals surface area (Å²) in [5.41, 5.74) is 5.21. The lowest BCUT2D eigenvalue weighted by Crippen LogP contribution is -2.45. The molecule has 0 bridgehead atoms. The maximum atomic E-state index is 12.3. The molecule has 2 fully saturated rings. The second-order valence-corrected chi connectivity index (χ2v) is 5.79. The maximum Gasteiger partial charge on any atom is 0.406 e. The quantitative estimate of drug-likeness (QED) is 0.801. The minimum absolute atomic E-state index is 0.190. The van der Waals surface area contributed by atoms with Crippen LogP contribution in [0.4, 0.5) is 13.2 Å². The largest absolute Gasteiger partial charge is 0.406 e. The molecule has 2 saturated heterocycles. The van der Waals surface area contributed by atoms with Crippen LogP contribution in [0.5, 0.6) is 0 Å². The van der Waals surface area contributed by atoms with Gasteiger partial charge in [0.15, 0.2) is 0 Å². The molecule has 2 aliphatic rings. The van der Waals surface area contributed by atoms with Gasteiger partial charge in [0, 0.05) is 32.0 Å². The van der Waals surface area contributed by atoms with Crippen LogP contribution in [0.15, 0.2) is 0 Å². The van der Waals surface area contributed by atoms with Gasteiger partial charge >= 0.3 is 6.18 Å². The summed E-state index contributed by atoms with van der Waals surface area (Å²) in [6.07, 6.45) is -3.75. The molecule has 2 rings (SSSR count). The van der Waals surface area contributed by atoms with E-state index in [-0.39, 0.29) is 24.8 Å². The van der Waals surface area contributed by atoms with E-state index in [4.69, 9.17) is 5.73 Å². The minimum Gasteiger partial charge on any atom is -0.369 e. The van der Waals surface area contributed by atoms with E-state index < -0.39 is 30.5 Å². The van der Waals surface area contributed by atoms with Gasteiger partial charge in [-0.2, -0.15) is 13.2 Å². The number of hydrogen-bond acceptors (Lipinski definition) is 3. The molecular formula is C13H18F3N3O3. The molecule has 0 aromatic heterocycles. The number of alkyl halides is 3. The smallest absolute Gasteiger partial charge is 0.369 e. The van der Waals surface area contributed by atoms with Crippen molar-refractivity contribution in [2.75, 3.05) is 26.2 Å². The Morgan fingerprint density at radius 3 is 2.27 bits per heavy atom. The molecule has 124 valence electrons. The highest BCUT2D eigenvalue weighted by Gasteiger charge is 2.42. The molecule has 0 aromatic carbocycles. The zero-order chi connectivity index (χ0) is 16.5. The molecule has 2 aliphatic heterocycles. The van der Waals surface area contributed by atoms with Gasteiger partial charge in [-0.1, -0.05) is 0 Å². The van der Waals surface area contributed by atoms with Crippen molar-refractivity contribution in [3.8, 4) is 0 Å². The van der Waals surface area contributed by atoms with Gasteiger partial charge in [0.05, 0.1) is 5.92 Å². The second kappa shape index (κ2) is 6.13. The lowest BCUT2D eigenvalue weighted by molar-refractivity contribution is -0.157. The van der Waals surface area contributed by atoms with Crippen LogP contribution in [0, 0.1) is 11.8 Å². The van der Waals surface area contributed by atoms with Crippen molar-refractivity contribution in [2.45, 2.75) is 25.4 Å². The van der Waals surface area contributed by atoms with Crippen molar-refractivity contribution in [3.63, 3.8) is 0 Å². The van der Waals surface area contributed by atoms with Crippen LogP contribution in [-0.2, 0) is 14.4 Å².